The predicted molar refractivity (Wildman–Crippen MR) is 65.2 cm³/mol. The Morgan fingerprint density at radius 1 is 1.44 bits per heavy atom. The van der Waals surface area contributed by atoms with Gasteiger partial charge in [-0.1, -0.05) is 35.0 Å². The SMILES string of the molecule is CCc1cccc(OC(F)(F)F)c1C(=O)C(C)Br. The lowest BCUT2D eigenvalue weighted by Crippen LogP contribution is -2.21. The fourth-order valence-electron chi connectivity index (χ4n) is 1.56. The number of rotatable bonds is 4. The second-order valence-corrected chi connectivity index (χ2v) is 5.05. The first-order valence-corrected chi connectivity index (χ1v) is 6.23. The molecule has 0 spiro atoms. The van der Waals surface area contributed by atoms with E-state index >= 15 is 0 Å². The Kier molecular flexibility index (Phi) is 4.78. The van der Waals surface area contributed by atoms with Crippen LogP contribution in [-0.4, -0.2) is 17.0 Å². The largest absolute Gasteiger partial charge is 0.573 e. The maximum atomic E-state index is 12.3. The molecule has 0 aliphatic rings. The van der Waals surface area contributed by atoms with E-state index in [0.717, 1.165) is 6.07 Å². The summed E-state index contributed by atoms with van der Waals surface area (Å²) in [6.07, 6.45) is -4.35. The third-order valence-corrected chi connectivity index (χ3v) is 2.74. The van der Waals surface area contributed by atoms with Gasteiger partial charge < -0.3 is 4.74 Å². The summed E-state index contributed by atoms with van der Waals surface area (Å²) in [4.78, 5) is 11.4. The minimum Gasteiger partial charge on any atom is -0.405 e. The Morgan fingerprint density at radius 3 is 2.50 bits per heavy atom. The molecule has 0 aromatic heterocycles. The molecule has 6 heteroatoms. The number of carbonyl (C=O) groups excluding carboxylic acids is 1. The lowest BCUT2D eigenvalue weighted by atomic mass is 9.99. The van der Waals surface area contributed by atoms with E-state index in [2.05, 4.69) is 20.7 Å². The lowest BCUT2D eigenvalue weighted by Gasteiger charge is -2.16. The van der Waals surface area contributed by atoms with Crippen molar-refractivity contribution in [2.24, 2.45) is 0 Å². The highest BCUT2D eigenvalue weighted by Crippen LogP contribution is 2.30. The molecule has 1 aromatic carbocycles. The Hall–Kier alpha value is -1.04. The second kappa shape index (κ2) is 5.73. The summed E-state index contributed by atoms with van der Waals surface area (Å²) >= 11 is 3.07. The normalized spacial score (nSPS) is 13.2. The summed E-state index contributed by atoms with van der Waals surface area (Å²) in [5, 5.41) is 0. The van der Waals surface area contributed by atoms with Crippen LogP contribution in [0.4, 0.5) is 13.2 Å². The molecule has 1 rings (SSSR count). The zero-order valence-corrected chi connectivity index (χ0v) is 11.4. The third-order valence-electron chi connectivity index (χ3n) is 2.33. The van der Waals surface area contributed by atoms with Crippen molar-refractivity contribution < 1.29 is 22.7 Å². The Morgan fingerprint density at radius 2 is 2.06 bits per heavy atom. The van der Waals surface area contributed by atoms with Crippen molar-refractivity contribution >= 4 is 21.7 Å². The Balaban J connectivity index is 3.29. The summed E-state index contributed by atoms with van der Waals surface area (Å²) in [6.45, 7) is 3.33. The van der Waals surface area contributed by atoms with Crippen LogP contribution in [0.1, 0.15) is 29.8 Å². The highest BCUT2D eigenvalue weighted by atomic mass is 79.9. The number of benzene rings is 1. The van der Waals surface area contributed by atoms with E-state index in [4.69, 9.17) is 0 Å². The summed E-state index contributed by atoms with van der Waals surface area (Å²) < 4.78 is 40.7. The Bertz CT molecular complexity index is 441. The number of halogens is 4. The van der Waals surface area contributed by atoms with Gasteiger partial charge in [-0.05, 0) is 25.0 Å². The van der Waals surface area contributed by atoms with Crippen molar-refractivity contribution in [2.45, 2.75) is 31.5 Å². The first-order valence-electron chi connectivity index (χ1n) is 5.32. The second-order valence-electron chi connectivity index (χ2n) is 3.67. The van der Waals surface area contributed by atoms with Gasteiger partial charge in [0.2, 0.25) is 0 Å². The van der Waals surface area contributed by atoms with Gasteiger partial charge in [0.25, 0.3) is 0 Å². The van der Waals surface area contributed by atoms with Gasteiger partial charge in [0.1, 0.15) is 5.75 Å². The van der Waals surface area contributed by atoms with Crippen molar-refractivity contribution in [2.75, 3.05) is 0 Å². The van der Waals surface area contributed by atoms with Crippen LogP contribution < -0.4 is 4.74 Å². The molecule has 0 radical (unpaired) electrons. The number of alkyl halides is 4. The zero-order chi connectivity index (χ0) is 13.9. The van der Waals surface area contributed by atoms with Gasteiger partial charge in [-0.2, -0.15) is 0 Å². The molecule has 0 aliphatic heterocycles. The first kappa shape index (κ1) is 15.0. The van der Waals surface area contributed by atoms with Crippen LogP contribution >= 0.6 is 15.9 Å². The molecule has 0 bridgehead atoms. The number of Topliss-reactive ketones (excluding diaryl/α,β-unsaturated/α-hetero) is 1. The molecule has 0 N–H and O–H groups in total. The molecule has 1 aromatic rings. The van der Waals surface area contributed by atoms with Gasteiger partial charge >= 0.3 is 6.36 Å². The number of carbonyl (C=O) groups is 1. The van der Waals surface area contributed by atoms with Crippen LogP contribution in [0.5, 0.6) is 5.75 Å². The van der Waals surface area contributed by atoms with Crippen molar-refractivity contribution in [3.63, 3.8) is 0 Å². The molecular weight excluding hydrogens is 313 g/mol. The first-order chi connectivity index (χ1) is 8.26. The predicted octanol–water partition coefficient (Wildman–Crippen LogP) is 4.11. The Labute approximate surface area is 111 Å². The van der Waals surface area contributed by atoms with E-state index < -0.39 is 22.7 Å². The molecular formula is C12H12BrF3O2. The minimum atomic E-state index is -4.81. The third kappa shape index (κ3) is 3.73. The van der Waals surface area contributed by atoms with Crippen LogP contribution in [-0.2, 0) is 6.42 Å². The molecule has 0 fully saturated rings. The standard InChI is InChI=1S/C12H12BrF3O2/c1-3-8-5-4-6-9(18-12(14,15)16)10(8)11(17)7(2)13/h4-7H,3H2,1-2H3. The van der Waals surface area contributed by atoms with Crippen LogP contribution in [0.2, 0.25) is 0 Å². The smallest absolute Gasteiger partial charge is 0.405 e. The zero-order valence-electron chi connectivity index (χ0n) is 9.84. The van der Waals surface area contributed by atoms with E-state index in [1.54, 1.807) is 19.9 Å². The molecule has 0 heterocycles. The number of ketones is 1. The van der Waals surface area contributed by atoms with Crippen molar-refractivity contribution in [1.29, 1.82) is 0 Å². The van der Waals surface area contributed by atoms with Crippen molar-refractivity contribution in [3.8, 4) is 5.75 Å². The average Bonchev–Trinajstić information content (AvgIpc) is 2.25. The van der Waals surface area contributed by atoms with Crippen LogP contribution in [0, 0.1) is 0 Å². The molecule has 1 atom stereocenters. The number of hydrogen-bond donors (Lipinski definition) is 0. The van der Waals surface area contributed by atoms with Crippen molar-refractivity contribution in [3.05, 3.63) is 29.3 Å². The van der Waals surface area contributed by atoms with E-state index in [0.29, 0.717) is 12.0 Å². The summed E-state index contributed by atoms with van der Waals surface area (Å²) in [5.41, 5.74) is 0.523. The van der Waals surface area contributed by atoms with Crippen LogP contribution in [0.3, 0.4) is 0 Å². The summed E-state index contributed by atoms with van der Waals surface area (Å²) in [6, 6.07) is 4.21. The van der Waals surface area contributed by atoms with Gasteiger partial charge in [-0.15, -0.1) is 13.2 Å². The van der Waals surface area contributed by atoms with Crippen LogP contribution in [0.15, 0.2) is 18.2 Å². The molecule has 100 valence electrons. The molecule has 0 aliphatic carbocycles. The number of aryl methyl sites for hydroxylation is 1. The van der Waals surface area contributed by atoms with Crippen LogP contribution in [0.25, 0.3) is 0 Å². The molecule has 0 saturated carbocycles. The van der Waals surface area contributed by atoms with Gasteiger partial charge in [0, 0.05) is 0 Å². The van der Waals surface area contributed by atoms with E-state index in [-0.39, 0.29) is 5.56 Å². The number of hydrogen-bond acceptors (Lipinski definition) is 2. The number of ether oxygens (including phenoxy) is 1. The van der Waals surface area contributed by atoms with Gasteiger partial charge in [0.15, 0.2) is 5.78 Å². The maximum absolute atomic E-state index is 12.3. The minimum absolute atomic E-state index is 0.0123. The van der Waals surface area contributed by atoms with Gasteiger partial charge in [-0.3, -0.25) is 4.79 Å². The highest BCUT2D eigenvalue weighted by Gasteiger charge is 2.33. The quantitative estimate of drug-likeness (QED) is 0.615. The monoisotopic (exact) mass is 324 g/mol. The lowest BCUT2D eigenvalue weighted by molar-refractivity contribution is -0.274. The summed E-state index contributed by atoms with van der Waals surface area (Å²) in [7, 11) is 0. The maximum Gasteiger partial charge on any atom is 0.573 e. The van der Waals surface area contributed by atoms with Gasteiger partial charge in [-0.25, -0.2) is 0 Å². The molecule has 0 amide bonds. The fraction of sp³-hybridized carbons (Fsp3) is 0.417. The van der Waals surface area contributed by atoms with E-state index in [1.807, 2.05) is 0 Å². The van der Waals surface area contributed by atoms with Crippen molar-refractivity contribution in [1.82, 2.24) is 0 Å². The summed E-state index contributed by atoms with van der Waals surface area (Å²) in [5.74, 6) is -0.871. The van der Waals surface area contributed by atoms with E-state index in [1.165, 1.54) is 6.07 Å². The fourth-order valence-corrected chi connectivity index (χ4v) is 1.79. The molecule has 18 heavy (non-hydrogen) atoms. The molecule has 1 unspecified atom stereocenters. The van der Waals surface area contributed by atoms with Gasteiger partial charge in [0.05, 0.1) is 10.4 Å². The topological polar surface area (TPSA) is 26.3 Å². The molecule has 0 saturated heterocycles. The molecule has 2 nitrogen and oxygen atoms in total. The van der Waals surface area contributed by atoms with E-state index in [9.17, 15) is 18.0 Å². The highest BCUT2D eigenvalue weighted by molar-refractivity contribution is 9.10. The average molecular weight is 325 g/mol.